The molecule has 0 aliphatic heterocycles. The van der Waals surface area contributed by atoms with Gasteiger partial charge in [0.15, 0.2) is 0 Å². The molecule has 1 nitrogen and oxygen atoms in total. The van der Waals surface area contributed by atoms with Crippen molar-refractivity contribution in [3.8, 4) is 0 Å². The van der Waals surface area contributed by atoms with Gasteiger partial charge < -0.3 is 4.90 Å². The minimum Gasteiger partial charge on any atom is -0.312 e. The maximum Gasteiger partial charge on any atom is 0 e. The average Bonchev–Trinajstić information content (AvgIpc) is 0.811. The van der Waals surface area contributed by atoms with Crippen LogP contribution in [0.15, 0.2) is 0 Å². The Balaban J connectivity index is 0. The molecule has 0 amide bonds. The smallest absolute Gasteiger partial charge is 0 e. The second kappa shape index (κ2) is 4.88. The molecule has 0 bridgehead atoms. The first-order chi connectivity index (χ1) is 1.73. The fourth-order valence-corrected chi connectivity index (χ4v) is 0. The van der Waals surface area contributed by atoms with Crippen LogP contribution in [0.5, 0.6) is 0 Å². The maximum absolute atomic E-state index is 2.00. The summed E-state index contributed by atoms with van der Waals surface area (Å²) >= 11 is 0. The van der Waals surface area contributed by atoms with Gasteiger partial charge in [-0.3, -0.25) is 0 Å². The van der Waals surface area contributed by atoms with Crippen LogP contribution in [0.4, 0.5) is 0 Å². The van der Waals surface area contributed by atoms with Crippen molar-refractivity contribution in [2.75, 3.05) is 21.1 Å². The van der Waals surface area contributed by atoms with E-state index in [1.54, 1.807) is 0 Å². The minimum atomic E-state index is 0. The Hall–Kier alpha value is 0.882. The van der Waals surface area contributed by atoms with Crippen molar-refractivity contribution in [2.24, 2.45) is 0 Å². The van der Waals surface area contributed by atoms with Crippen LogP contribution in [0.3, 0.4) is 0 Å². The molecule has 0 aromatic heterocycles. The monoisotopic (exact) mass is 264 g/mol. The first kappa shape index (κ1) is 9.30. The first-order valence-electron chi connectivity index (χ1n) is 1.34. The van der Waals surface area contributed by atoms with E-state index in [0.29, 0.717) is 0 Å². The van der Waals surface area contributed by atoms with Crippen LogP contribution in [0.25, 0.3) is 0 Å². The predicted molar refractivity (Wildman–Crippen MR) is 25.4 cm³/mol. The largest absolute Gasteiger partial charge is 0.312 e. The average molecular weight is 263 g/mol. The third-order valence-electron chi connectivity index (χ3n) is 0. The molecular formula is C3H9NTl. The summed E-state index contributed by atoms with van der Waals surface area (Å²) in [6.45, 7) is 0. The van der Waals surface area contributed by atoms with Gasteiger partial charge in [0.05, 0.1) is 0 Å². The fourth-order valence-electron chi connectivity index (χ4n) is 0. The summed E-state index contributed by atoms with van der Waals surface area (Å²) in [6.07, 6.45) is 0. The van der Waals surface area contributed by atoms with E-state index in [9.17, 15) is 0 Å². The molecule has 0 saturated heterocycles. The van der Waals surface area contributed by atoms with Crippen LogP contribution in [0, 0.1) is 0 Å². The van der Waals surface area contributed by atoms with Gasteiger partial charge >= 0.3 is 0 Å². The molecule has 0 saturated carbocycles. The van der Waals surface area contributed by atoms with Gasteiger partial charge in [0.25, 0.3) is 0 Å². The summed E-state index contributed by atoms with van der Waals surface area (Å²) in [5.41, 5.74) is 0. The van der Waals surface area contributed by atoms with E-state index in [-0.39, 0.29) is 27.3 Å². The number of hydrogen-bond donors (Lipinski definition) is 0. The normalized spacial score (nSPS) is 7.20. The molecular weight excluding hydrogens is 254 g/mol. The van der Waals surface area contributed by atoms with E-state index in [2.05, 4.69) is 0 Å². The van der Waals surface area contributed by atoms with E-state index >= 15 is 0 Å². The summed E-state index contributed by atoms with van der Waals surface area (Å²) < 4.78 is 0. The maximum atomic E-state index is 2.00. The van der Waals surface area contributed by atoms with Crippen molar-refractivity contribution in [3.05, 3.63) is 0 Å². The van der Waals surface area contributed by atoms with E-state index in [4.69, 9.17) is 0 Å². The summed E-state index contributed by atoms with van der Waals surface area (Å²) in [5.74, 6) is 0. The Morgan fingerprint density at radius 3 is 1.00 bits per heavy atom. The quantitative estimate of drug-likeness (QED) is 0.547. The Labute approximate surface area is 53.5 Å². The minimum absolute atomic E-state index is 0. The molecule has 0 fully saturated rings. The molecule has 0 heterocycles. The molecule has 0 rings (SSSR count). The van der Waals surface area contributed by atoms with Gasteiger partial charge in [-0.15, -0.1) is 0 Å². The van der Waals surface area contributed by atoms with E-state index in [1.807, 2.05) is 26.0 Å². The van der Waals surface area contributed by atoms with Gasteiger partial charge in [-0.2, -0.15) is 0 Å². The van der Waals surface area contributed by atoms with Crippen LogP contribution in [-0.2, 0) is 0 Å². The number of hydrogen-bond acceptors (Lipinski definition) is 1. The third-order valence-corrected chi connectivity index (χ3v) is 0. The molecule has 1 radical (unpaired) electrons. The summed E-state index contributed by atoms with van der Waals surface area (Å²) in [6, 6.07) is 0. The van der Waals surface area contributed by atoms with Gasteiger partial charge in [-0.05, 0) is 21.1 Å². The molecule has 5 heavy (non-hydrogen) atoms. The summed E-state index contributed by atoms with van der Waals surface area (Å²) in [7, 11) is 6.00. The van der Waals surface area contributed by atoms with Gasteiger partial charge in [-0.1, -0.05) is 0 Å². The van der Waals surface area contributed by atoms with Gasteiger partial charge in [0.2, 0.25) is 0 Å². The molecule has 0 aromatic rings. The van der Waals surface area contributed by atoms with Crippen LogP contribution in [0.2, 0.25) is 0 Å². The van der Waals surface area contributed by atoms with Crippen LogP contribution >= 0.6 is 0 Å². The van der Waals surface area contributed by atoms with Gasteiger partial charge in [0, 0.05) is 27.3 Å². The van der Waals surface area contributed by atoms with E-state index in [1.165, 1.54) is 0 Å². The summed E-state index contributed by atoms with van der Waals surface area (Å²) in [4.78, 5) is 2.00. The molecule has 0 aromatic carbocycles. The van der Waals surface area contributed by atoms with E-state index in [0.717, 1.165) is 0 Å². The Morgan fingerprint density at radius 1 is 1.00 bits per heavy atom. The molecule has 2 heteroatoms. The van der Waals surface area contributed by atoms with Crippen molar-refractivity contribution in [3.63, 3.8) is 0 Å². The zero-order chi connectivity index (χ0) is 3.58. The molecule has 0 aliphatic rings. The van der Waals surface area contributed by atoms with Crippen LogP contribution in [0.1, 0.15) is 0 Å². The van der Waals surface area contributed by atoms with E-state index < -0.39 is 0 Å². The Bertz CT molecular complexity index is 11.6. The molecule has 0 N–H and O–H groups in total. The van der Waals surface area contributed by atoms with Crippen LogP contribution < -0.4 is 0 Å². The Kier molecular flexibility index (Phi) is 9.08. The van der Waals surface area contributed by atoms with Crippen molar-refractivity contribution < 1.29 is 0 Å². The Morgan fingerprint density at radius 2 is 1.00 bits per heavy atom. The first-order valence-corrected chi connectivity index (χ1v) is 1.34. The molecule has 29 valence electrons. The van der Waals surface area contributed by atoms with Crippen molar-refractivity contribution >= 4 is 27.3 Å². The molecule has 0 aliphatic carbocycles. The van der Waals surface area contributed by atoms with Gasteiger partial charge in [-0.25, -0.2) is 0 Å². The zero-order valence-electron chi connectivity index (χ0n) is 4.02. The SMILES string of the molecule is CN(C)C.[Tl]. The molecule has 0 unspecified atom stereocenters. The topological polar surface area (TPSA) is 3.24 Å². The number of nitrogens with zero attached hydrogens (tertiary/aromatic N) is 1. The second-order valence-corrected chi connectivity index (χ2v) is 1.34. The van der Waals surface area contributed by atoms with Crippen molar-refractivity contribution in [1.82, 2.24) is 4.90 Å². The second-order valence-electron chi connectivity index (χ2n) is 1.34. The van der Waals surface area contributed by atoms with Crippen molar-refractivity contribution in [2.45, 2.75) is 0 Å². The fraction of sp³-hybridized carbons (Fsp3) is 1.00. The zero-order valence-corrected chi connectivity index (χ0v) is 8.51. The standard InChI is InChI=1S/C3H9N.Tl/c1-4(2)3;/h1-3H3;. The summed E-state index contributed by atoms with van der Waals surface area (Å²) in [5, 5.41) is 0. The van der Waals surface area contributed by atoms with Gasteiger partial charge in [0.1, 0.15) is 0 Å². The number of rotatable bonds is 0. The molecule has 0 spiro atoms. The predicted octanol–water partition coefficient (Wildman–Crippen LogP) is -0.203. The van der Waals surface area contributed by atoms with Crippen molar-refractivity contribution in [1.29, 1.82) is 0 Å². The third kappa shape index (κ3) is 52.1. The van der Waals surface area contributed by atoms with Crippen LogP contribution in [-0.4, -0.2) is 53.3 Å². The molecule has 0 atom stereocenters.